The molecule has 1 aliphatic carbocycles. The third-order valence-corrected chi connectivity index (χ3v) is 3.34. The van der Waals surface area contributed by atoms with Crippen LogP contribution >= 0.6 is 23.2 Å². The minimum Gasteiger partial charge on any atom is -0.457 e. The first-order chi connectivity index (χ1) is 7.64. The molecule has 2 unspecified atom stereocenters. The second-order valence-electron chi connectivity index (χ2n) is 3.97. The smallest absolute Gasteiger partial charge is 0.262 e. The fraction of sp³-hybridized carbons (Fsp3) is 0.500. The van der Waals surface area contributed by atoms with Crippen LogP contribution in [0.15, 0.2) is 35.3 Å². The Labute approximate surface area is 106 Å². The van der Waals surface area contributed by atoms with E-state index in [0.717, 1.165) is 18.6 Å². The Morgan fingerprint density at radius 2 is 2.38 bits per heavy atom. The molecule has 0 fully saturated rings. The summed E-state index contributed by atoms with van der Waals surface area (Å²) in [5.41, 5.74) is 0. The summed E-state index contributed by atoms with van der Waals surface area (Å²) in [4.78, 5) is -0.648. The molecule has 0 aromatic heterocycles. The maximum atomic E-state index is 6.44. The maximum absolute atomic E-state index is 6.44. The van der Waals surface area contributed by atoms with Gasteiger partial charge in [-0.2, -0.15) is 0 Å². The molecule has 4 heteroatoms. The summed E-state index contributed by atoms with van der Waals surface area (Å²) in [5.74, 6) is 0.863. The second-order valence-corrected chi connectivity index (χ2v) is 5.11. The quantitative estimate of drug-likeness (QED) is 0.713. The van der Waals surface area contributed by atoms with Crippen LogP contribution in [0.5, 0.6) is 0 Å². The monoisotopic (exact) mass is 260 g/mol. The predicted molar refractivity (Wildman–Crippen MR) is 65.2 cm³/mol. The lowest BCUT2D eigenvalue weighted by Gasteiger charge is -2.29. The molecule has 0 aromatic carbocycles. The van der Waals surface area contributed by atoms with Crippen molar-refractivity contribution >= 4 is 23.2 Å². The first kappa shape index (κ1) is 11.9. The van der Waals surface area contributed by atoms with Crippen molar-refractivity contribution in [1.29, 1.82) is 0 Å². The van der Waals surface area contributed by atoms with Gasteiger partial charge in [0.1, 0.15) is 16.9 Å². The Balaban J connectivity index is 1.99. The van der Waals surface area contributed by atoms with Crippen LogP contribution in [-0.4, -0.2) is 11.2 Å². The van der Waals surface area contributed by atoms with Crippen molar-refractivity contribution in [2.45, 2.75) is 37.4 Å². The highest BCUT2D eigenvalue weighted by atomic mass is 35.5. The highest BCUT2D eigenvalue weighted by Crippen LogP contribution is 2.38. The molecule has 2 atom stereocenters. The molecule has 0 saturated heterocycles. The highest BCUT2D eigenvalue weighted by Gasteiger charge is 2.41. The van der Waals surface area contributed by atoms with Gasteiger partial charge in [0.25, 0.3) is 6.29 Å². The van der Waals surface area contributed by atoms with Gasteiger partial charge in [-0.25, -0.2) is 0 Å². The molecule has 0 aromatic rings. The lowest BCUT2D eigenvalue weighted by Crippen LogP contribution is -2.36. The van der Waals surface area contributed by atoms with Gasteiger partial charge in [-0.15, -0.1) is 11.6 Å². The molecular formula is C12H14Cl2O2. The van der Waals surface area contributed by atoms with Crippen molar-refractivity contribution in [2.24, 2.45) is 0 Å². The zero-order valence-electron chi connectivity index (χ0n) is 9.08. The number of hydrogen-bond donors (Lipinski definition) is 0. The molecule has 2 aliphatic rings. The molecule has 1 aliphatic heterocycles. The number of halogens is 2. The lowest BCUT2D eigenvalue weighted by atomic mass is 9.99. The third kappa shape index (κ3) is 2.38. The van der Waals surface area contributed by atoms with Gasteiger partial charge in [0.05, 0.1) is 0 Å². The predicted octanol–water partition coefficient (Wildman–Crippen LogP) is 4.06. The summed E-state index contributed by atoms with van der Waals surface area (Å²) in [7, 11) is 0. The van der Waals surface area contributed by atoms with Crippen molar-refractivity contribution in [2.75, 3.05) is 0 Å². The van der Waals surface area contributed by atoms with Gasteiger partial charge in [-0.3, -0.25) is 0 Å². The van der Waals surface area contributed by atoms with Crippen LogP contribution in [0.3, 0.4) is 0 Å². The van der Waals surface area contributed by atoms with Gasteiger partial charge in [-0.1, -0.05) is 30.7 Å². The van der Waals surface area contributed by atoms with E-state index in [2.05, 4.69) is 6.92 Å². The van der Waals surface area contributed by atoms with Gasteiger partial charge >= 0.3 is 0 Å². The number of hydrogen-bond acceptors (Lipinski definition) is 2. The van der Waals surface area contributed by atoms with Crippen LogP contribution in [0.25, 0.3) is 0 Å². The molecule has 16 heavy (non-hydrogen) atoms. The lowest BCUT2D eigenvalue weighted by molar-refractivity contribution is -0.0522. The summed E-state index contributed by atoms with van der Waals surface area (Å²) >= 11 is 12.3. The molecule has 0 radical (unpaired) electrons. The molecule has 0 saturated carbocycles. The normalized spacial score (nSPS) is 32.8. The third-order valence-electron chi connectivity index (χ3n) is 2.60. The van der Waals surface area contributed by atoms with Crippen molar-refractivity contribution < 1.29 is 9.47 Å². The fourth-order valence-electron chi connectivity index (χ4n) is 1.69. The van der Waals surface area contributed by atoms with E-state index >= 15 is 0 Å². The maximum Gasteiger partial charge on any atom is 0.262 e. The van der Waals surface area contributed by atoms with Crippen LogP contribution in [0.1, 0.15) is 26.2 Å². The Kier molecular flexibility index (Phi) is 3.50. The van der Waals surface area contributed by atoms with E-state index in [9.17, 15) is 0 Å². The topological polar surface area (TPSA) is 18.5 Å². The first-order valence-corrected chi connectivity index (χ1v) is 6.14. The number of allylic oxidation sites excluding steroid dienone is 4. The summed E-state index contributed by atoms with van der Waals surface area (Å²) in [6.07, 6.45) is 9.22. The number of rotatable bonds is 3. The van der Waals surface area contributed by atoms with E-state index in [-0.39, 0.29) is 0 Å². The molecule has 0 N–H and O–H groups in total. The molecule has 88 valence electrons. The number of alkyl halides is 1. The van der Waals surface area contributed by atoms with Crippen LogP contribution in [0, 0.1) is 0 Å². The van der Waals surface area contributed by atoms with Crippen molar-refractivity contribution in [3.63, 3.8) is 0 Å². The Bertz CT molecular complexity index is 360. The van der Waals surface area contributed by atoms with Crippen LogP contribution < -0.4 is 0 Å². The van der Waals surface area contributed by atoms with E-state index < -0.39 is 11.2 Å². The first-order valence-electron chi connectivity index (χ1n) is 5.39. The summed E-state index contributed by atoms with van der Waals surface area (Å²) in [6.45, 7) is 2.09. The standard InChI is InChI=1S/C12H14Cl2O2/c1-2-3-10-8-15-11(16-10)12(14)6-4-9(13)5-7-12/h4-6,8,11H,2-3,7H2,1H3. The zero-order chi connectivity index (χ0) is 11.6. The minimum absolute atomic E-state index is 0.451. The Morgan fingerprint density at radius 3 is 3.00 bits per heavy atom. The molecule has 0 spiro atoms. The van der Waals surface area contributed by atoms with Gasteiger partial charge in [0, 0.05) is 11.5 Å². The van der Waals surface area contributed by atoms with E-state index in [1.54, 1.807) is 12.3 Å². The summed E-state index contributed by atoms with van der Waals surface area (Å²) in [5, 5.41) is 0.705. The van der Waals surface area contributed by atoms with Crippen LogP contribution in [0.4, 0.5) is 0 Å². The average molecular weight is 261 g/mol. The van der Waals surface area contributed by atoms with Gasteiger partial charge in [0.2, 0.25) is 0 Å². The Morgan fingerprint density at radius 1 is 1.56 bits per heavy atom. The molecule has 0 amide bonds. The van der Waals surface area contributed by atoms with E-state index in [0.29, 0.717) is 11.5 Å². The highest BCUT2D eigenvalue weighted by molar-refractivity contribution is 6.32. The zero-order valence-corrected chi connectivity index (χ0v) is 10.6. The minimum atomic E-state index is -0.648. The average Bonchev–Trinajstić information content (AvgIpc) is 2.73. The van der Waals surface area contributed by atoms with Crippen LogP contribution in [-0.2, 0) is 9.47 Å². The van der Waals surface area contributed by atoms with Gasteiger partial charge < -0.3 is 9.47 Å². The van der Waals surface area contributed by atoms with Crippen molar-refractivity contribution in [3.05, 3.63) is 35.3 Å². The van der Waals surface area contributed by atoms with E-state index in [1.807, 2.05) is 12.2 Å². The number of ether oxygens (including phenoxy) is 2. The second kappa shape index (κ2) is 4.72. The van der Waals surface area contributed by atoms with E-state index in [1.165, 1.54) is 0 Å². The fourth-order valence-corrected chi connectivity index (χ4v) is 2.07. The van der Waals surface area contributed by atoms with E-state index in [4.69, 9.17) is 32.7 Å². The van der Waals surface area contributed by atoms with Gasteiger partial charge in [-0.05, 0) is 18.9 Å². The van der Waals surface area contributed by atoms with Crippen molar-refractivity contribution in [3.8, 4) is 0 Å². The summed E-state index contributed by atoms with van der Waals surface area (Å²) in [6, 6.07) is 0. The summed E-state index contributed by atoms with van der Waals surface area (Å²) < 4.78 is 11.1. The SMILES string of the molecule is CCCC1=COC(C2(Cl)C=CC(Cl)=CC2)O1. The van der Waals surface area contributed by atoms with Crippen LogP contribution in [0.2, 0.25) is 0 Å². The molecular weight excluding hydrogens is 247 g/mol. The molecule has 2 rings (SSSR count). The Hall–Kier alpha value is -0.600. The van der Waals surface area contributed by atoms with Gasteiger partial charge in [0.15, 0.2) is 0 Å². The molecule has 0 bridgehead atoms. The molecule has 1 heterocycles. The van der Waals surface area contributed by atoms with Crippen molar-refractivity contribution in [1.82, 2.24) is 0 Å². The molecule has 2 nitrogen and oxygen atoms in total. The largest absolute Gasteiger partial charge is 0.457 e.